The van der Waals surface area contributed by atoms with Crippen molar-refractivity contribution in [3.63, 3.8) is 0 Å². The first-order valence-corrected chi connectivity index (χ1v) is 11.0. The molecular formula is C20H24N2O6S. The lowest BCUT2D eigenvalue weighted by Gasteiger charge is -2.23. The van der Waals surface area contributed by atoms with Crippen LogP contribution in [0.5, 0.6) is 17.2 Å². The number of nitrogens with zero attached hydrogens (tertiary/aromatic N) is 1. The second-order valence-electron chi connectivity index (χ2n) is 6.84. The molecule has 156 valence electrons. The van der Waals surface area contributed by atoms with E-state index in [2.05, 4.69) is 5.32 Å². The second kappa shape index (κ2) is 8.60. The number of fused-ring (bicyclic) bond motifs is 1. The van der Waals surface area contributed by atoms with Gasteiger partial charge in [0.05, 0.1) is 18.0 Å². The van der Waals surface area contributed by atoms with Gasteiger partial charge in [0, 0.05) is 17.8 Å². The van der Waals surface area contributed by atoms with Crippen molar-refractivity contribution in [3.05, 3.63) is 42.5 Å². The maximum absolute atomic E-state index is 12.6. The minimum Gasteiger partial charge on any atom is -0.491 e. The normalized spacial score (nSPS) is 13.1. The van der Waals surface area contributed by atoms with Crippen molar-refractivity contribution in [1.82, 2.24) is 0 Å². The summed E-state index contributed by atoms with van der Waals surface area (Å²) in [7, 11) is -3.69. The third-order valence-corrected chi connectivity index (χ3v) is 5.13. The van der Waals surface area contributed by atoms with Crippen molar-refractivity contribution >= 4 is 27.3 Å². The summed E-state index contributed by atoms with van der Waals surface area (Å²) in [6.45, 7) is 4.28. The van der Waals surface area contributed by atoms with Crippen LogP contribution < -0.4 is 23.8 Å². The Balaban J connectivity index is 1.76. The highest BCUT2D eigenvalue weighted by atomic mass is 32.2. The maximum Gasteiger partial charge on any atom is 0.245 e. The number of sulfonamides is 1. The molecule has 0 bridgehead atoms. The zero-order chi connectivity index (χ0) is 21.0. The molecule has 2 aromatic rings. The summed E-state index contributed by atoms with van der Waals surface area (Å²) in [5.41, 5.74) is 0.840. The van der Waals surface area contributed by atoms with E-state index in [1.807, 2.05) is 13.8 Å². The van der Waals surface area contributed by atoms with Crippen LogP contribution in [-0.2, 0) is 14.8 Å². The molecule has 0 saturated carbocycles. The number of anilines is 2. The molecule has 1 aliphatic heterocycles. The van der Waals surface area contributed by atoms with E-state index >= 15 is 0 Å². The van der Waals surface area contributed by atoms with Crippen LogP contribution in [0.3, 0.4) is 0 Å². The summed E-state index contributed by atoms with van der Waals surface area (Å²) in [6, 6.07) is 11.7. The van der Waals surface area contributed by atoms with Crippen LogP contribution in [0.1, 0.15) is 13.8 Å². The van der Waals surface area contributed by atoms with Gasteiger partial charge in [0.15, 0.2) is 11.5 Å². The van der Waals surface area contributed by atoms with Crippen LogP contribution in [0.25, 0.3) is 0 Å². The zero-order valence-electron chi connectivity index (χ0n) is 16.5. The van der Waals surface area contributed by atoms with E-state index in [-0.39, 0.29) is 12.6 Å². The second-order valence-corrected chi connectivity index (χ2v) is 8.75. The number of amides is 1. The number of hydrogen-bond acceptors (Lipinski definition) is 6. The van der Waals surface area contributed by atoms with E-state index in [4.69, 9.17) is 14.2 Å². The van der Waals surface area contributed by atoms with Crippen LogP contribution in [-0.4, -0.2) is 46.4 Å². The van der Waals surface area contributed by atoms with Crippen molar-refractivity contribution < 1.29 is 27.4 Å². The first kappa shape index (κ1) is 20.8. The average molecular weight is 420 g/mol. The number of ether oxygens (including phenoxy) is 3. The molecule has 1 amide bonds. The van der Waals surface area contributed by atoms with Gasteiger partial charge in [-0.15, -0.1) is 0 Å². The fourth-order valence-corrected chi connectivity index (χ4v) is 3.68. The van der Waals surface area contributed by atoms with Crippen molar-refractivity contribution in [3.8, 4) is 17.2 Å². The summed E-state index contributed by atoms with van der Waals surface area (Å²) in [6.07, 6.45) is 0.996. The minimum atomic E-state index is -3.69. The molecule has 1 N–H and O–H groups in total. The Morgan fingerprint density at radius 2 is 1.86 bits per heavy atom. The largest absolute Gasteiger partial charge is 0.491 e. The monoisotopic (exact) mass is 420 g/mol. The molecule has 0 saturated heterocycles. The number of rotatable bonds is 7. The molecule has 0 spiro atoms. The number of nitrogens with one attached hydrogen (secondary N) is 1. The highest BCUT2D eigenvalue weighted by Gasteiger charge is 2.22. The number of carbonyl (C=O) groups is 1. The molecular weight excluding hydrogens is 396 g/mol. The molecule has 0 radical (unpaired) electrons. The lowest BCUT2D eigenvalue weighted by molar-refractivity contribution is -0.114. The first-order valence-electron chi connectivity index (χ1n) is 9.16. The van der Waals surface area contributed by atoms with E-state index in [9.17, 15) is 13.2 Å². The van der Waals surface area contributed by atoms with E-state index in [0.717, 1.165) is 10.6 Å². The van der Waals surface area contributed by atoms with Crippen molar-refractivity contribution in [2.24, 2.45) is 0 Å². The van der Waals surface area contributed by atoms with Gasteiger partial charge in [0.1, 0.15) is 25.5 Å². The summed E-state index contributed by atoms with van der Waals surface area (Å²) in [5.74, 6) is 1.18. The zero-order valence-corrected chi connectivity index (χ0v) is 17.4. The fourth-order valence-electron chi connectivity index (χ4n) is 2.84. The van der Waals surface area contributed by atoms with Gasteiger partial charge < -0.3 is 19.5 Å². The van der Waals surface area contributed by atoms with Gasteiger partial charge in [-0.3, -0.25) is 9.10 Å². The van der Waals surface area contributed by atoms with Gasteiger partial charge in [0.25, 0.3) is 0 Å². The molecule has 0 atom stereocenters. The van der Waals surface area contributed by atoms with Crippen LogP contribution in [0.4, 0.5) is 11.4 Å². The molecule has 0 unspecified atom stereocenters. The van der Waals surface area contributed by atoms with E-state index < -0.39 is 15.9 Å². The van der Waals surface area contributed by atoms with Crippen molar-refractivity contribution in [1.29, 1.82) is 0 Å². The third kappa shape index (κ3) is 5.54. The lowest BCUT2D eigenvalue weighted by Crippen LogP contribution is -2.37. The van der Waals surface area contributed by atoms with Gasteiger partial charge in [-0.05, 0) is 38.1 Å². The Morgan fingerprint density at radius 3 is 2.55 bits per heavy atom. The summed E-state index contributed by atoms with van der Waals surface area (Å²) in [5, 5.41) is 2.70. The topological polar surface area (TPSA) is 94.2 Å². The summed E-state index contributed by atoms with van der Waals surface area (Å²) < 4.78 is 42.2. The Bertz CT molecular complexity index is 990. The van der Waals surface area contributed by atoms with Crippen LogP contribution in [0, 0.1) is 0 Å². The summed E-state index contributed by atoms with van der Waals surface area (Å²) in [4.78, 5) is 12.6. The Kier molecular flexibility index (Phi) is 6.17. The van der Waals surface area contributed by atoms with E-state index in [1.165, 1.54) is 0 Å². The molecule has 0 aromatic heterocycles. The highest BCUT2D eigenvalue weighted by molar-refractivity contribution is 7.92. The number of carbonyl (C=O) groups excluding carboxylic acids is 1. The maximum atomic E-state index is 12.6. The molecule has 9 heteroatoms. The molecule has 8 nitrogen and oxygen atoms in total. The number of hydrogen-bond donors (Lipinski definition) is 1. The van der Waals surface area contributed by atoms with Gasteiger partial charge in [0.2, 0.25) is 15.9 Å². The Hall–Kier alpha value is -2.94. The Labute approximate surface area is 170 Å². The molecule has 3 rings (SSSR count). The van der Waals surface area contributed by atoms with Gasteiger partial charge in [-0.25, -0.2) is 8.42 Å². The predicted molar refractivity (Wildman–Crippen MR) is 110 cm³/mol. The smallest absolute Gasteiger partial charge is 0.245 e. The van der Waals surface area contributed by atoms with Gasteiger partial charge in [-0.1, -0.05) is 6.07 Å². The van der Waals surface area contributed by atoms with E-state index in [0.29, 0.717) is 41.8 Å². The van der Waals surface area contributed by atoms with E-state index in [1.54, 1.807) is 42.5 Å². The van der Waals surface area contributed by atoms with Gasteiger partial charge in [-0.2, -0.15) is 0 Å². The van der Waals surface area contributed by atoms with Crippen molar-refractivity contribution in [2.75, 3.05) is 35.6 Å². The predicted octanol–water partition coefficient (Wildman–Crippen LogP) is 2.65. The highest BCUT2D eigenvalue weighted by Crippen LogP contribution is 2.32. The fraction of sp³-hybridized carbons (Fsp3) is 0.350. The molecule has 0 fully saturated rings. The van der Waals surface area contributed by atoms with Gasteiger partial charge >= 0.3 is 0 Å². The summed E-state index contributed by atoms with van der Waals surface area (Å²) >= 11 is 0. The van der Waals surface area contributed by atoms with Crippen LogP contribution in [0.15, 0.2) is 42.5 Å². The average Bonchev–Trinajstić information content (AvgIpc) is 2.65. The molecule has 29 heavy (non-hydrogen) atoms. The molecule has 1 heterocycles. The quantitative estimate of drug-likeness (QED) is 0.740. The first-order chi connectivity index (χ1) is 13.7. The number of benzene rings is 2. The third-order valence-electron chi connectivity index (χ3n) is 3.99. The Morgan fingerprint density at radius 1 is 1.14 bits per heavy atom. The van der Waals surface area contributed by atoms with Crippen LogP contribution in [0.2, 0.25) is 0 Å². The van der Waals surface area contributed by atoms with Crippen LogP contribution >= 0.6 is 0 Å². The molecule has 0 aliphatic carbocycles. The standard InChI is InChI=1S/C20H24N2O6S/c1-14(2)28-17-6-4-5-16(12-17)22(29(3,24)25)13-20(23)21-15-7-8-18-19(11-15)27-10-9-26-18/h4-8,11-12,14H,9-10,13H2,1-3H3,(H,21,23). The minimum absolute atomic E-state index is 0.0598. The molecule has 1 aliphatic rings. The molecule has 2 aromatic carbocycles. The van der Waals surface area contributed by atoms with Crippen molar-refractivity contribution in [2.45, 2.75) is 20.0 Å². The SMILES string of the molecule is CC(C)Oc1cccc(N(CC(=O)Nc2ccc3c(c2)OCCO3)S(C)(=O)=O)c1. The lowest BCUT2D eigenvalue weighted by atomic mass is 10.2.